The maximum absolute atomic E-state index is 0. The second-order valence-electron chi connectivity index (χ2n) is 0. The first-order valence-corrected chi connectivity index (χ1v) is 0. The largest absolute Gasteiger partial charge is 0.316 e. The first-order valence-electron chi connectivity index (χ1n) is 0. The SMILES string of the molecule is [CaH2].[Fe].[La].[MgH2]. The first-order chi connectivity index (χ1) is 0. The zero-order valence-corrected chi connectivity index (χ0v) is 5.66. The molecule has 0 N–H and O–H groups in total. The molecule has 4 heavy (non-hydrogen) atoms. The van der Waals surface area contributed by atoms with Crippen molar-refractivity contribution in [2.24, 2.45) is 0 Å². The molecule has 19 valence electrons. The van der Waals surface area contributed by atoms with Crippen molar-refractivity contribution in [3.05, 3.63) is 0 Å². The van der Waals surface area contributed by atoms with Crippen LogP contribution in [0.2, 0.25) is 0 Å². The van der Waals surface area contributed by atoms with Gasteiger partial charge in [0.1, 0.15) is 0 Å². The van der Waals surface area contributed by atoms with Gasteiger partial charge < -0.3 is 0 Å². The van der Waals surface area contributed by atoms with Crippen molar-refractivity contribution in [1.82, 2.24) is 0 Å². The van der Waals surface area contributed by atoms with Gasteiger partial charge >= 0.3 is 60.8 Å². The van der Waals surface area contributed by atoms with E-state index in [1.54, 1.807) is 0 Å². The Kier molecular flexibility index (Phi) is 99.8. The van der Waals surface area contributed by atoms with Crippen LogP contribution < -0.4 is 0 Å². The van der Waals surface area contributed by atoms with Gasteiger partial charge in [0, 0.05) is 52.7 Å². The molecule has 1 radical (unpaired) electrons. The molecule has 0 heterocycles. The molecule has 0 aromatic carbocycles. The van der Waals surface area contributed by atoms with Crippen LogP contribution >= 0.6 is 0 Å². The van der Waals surface area contributed by atoms with Crippen LogP contribution in [0.4, 0.5) is 0 Å². The molecule has 0 nitrogen and oxygen atoms in total. The average molecular weight is 263 g/mol. The smallest absolute Gasteiger partial charge is 0 e. The fourth-order valence-electron chi connectivity index (χ4n) is 0. The minimum absolute atomic E-state index is 0. The molecule has 0 atom stereocenters. The molecule has 0 aromatic rings. The fourth-order valence-corrected chi connectivity index (χ4v) is 0. The molecule has 0 aromatic heterocycles. The second kappa shape index (κ2) is 15.9. The van der Waals surface area contributed by atoms with Crippen molar-refractivity contribution >= 4 is 60.8 Å². The summed E-state index contributed by atoms with van der Waals surface area (Å²) in [5.41, 5.74) is 0. The second-order valence-corrected chi connectivity index (χ2v) is 0. The summed E-state index contributed by atoms with van der Waals surface area (Å²) in [6.07, 6.45) is 0. The van der Waals surface area contributed by atoms with Gasteiger partial charge in [-0.25, -0.2) is 0 Å². The van der Waals surface area contributed by atoms with E-state index in [4.69, 9.17) is 0 Å². The zero-order chi connectivity index (χ0) is 0. The molecule has 0 aliphatic heterocycles. The Morgan fingerprint density at radius 3 is 1.00 bits per heavy atom. The van der Waals surface area contributed by atoms with E-state index in [0.717, 1.165) is 0 Å². The van der Waals surface area contributed by atoms with Gasteiger partial charge in [0.05, 0.1) is 0 Å². The van der Waals surface area contributed by atoms with E-state index >= 15 is 0 Å². The third-order valence-electron chi connectivity index (χ3n) is 0. The molecular weight excluding hydrogens is 259 g/mol. The molecule has 4 heteroatoms. The minimum Gasteiger partial charge on any atom is 0 e. The Hall–Kier alpha value is 3.74. The van der Waals surface area contributed by atoms with Gasteiger partial charge in [-0.3, -0.25) is 0 Å². The van der Waals surface area contributed by atoms with Crippen LogP contribution in [-0.2, 0) is 17.1 Å². The summed E-state index contributed by atoms with van der Waals surface area (Å²) < 4.78 is 0. The van der Waals surface area contributed by atoms with Crippen molar-refractivity contribution in [2.75, 3.05) is 0 Å². The summed E-state index contributed by atoms with van der Waals surface area (Å²) >= 11 is 0. The summed E-state index contributed by atoms with van der Waals surface area (Å²) in [7, 11) is 0. The van der Waals surface area contributed by atoms with Gasteiger partial charge in [-0.05, 0) is 0 Å². The van der Waals surface area contributed by atoms with E-state index in [2.05, 4.69) is 0 Å². The standard InChI is InChI=1S/Ca.Fe.La.Mg.4H. The molecule has 0 spiro atoms. The number of hydrogen-bond donors (Lipinski definition) is 0. The molecule has 0 rings (SSSR count). The third kappa shape index (κ3) is 9.22. The van der Waals surface area contributed by atoms with E-state index in [-0.39, 0.29) is 113 Å². The summed E-state index contributed by atoms with van der Waals surface area (Å²) in [5.74, 6) is 0. The Bertz CT molecular complexity index is 8.00. The Labute approximate surface area is 110 Å². The summed E-state index contributed by atoms with van der Waals surface area (Å²) in [6.45, 7) is 0. The molecule has 0 saturated heterocycles. The van der Waals surface area contributed by atoms with E-state index in [9.17, 15) is 0 Å². The molecule has 0 unspecified atom stereocenters. The quantitative estimate of drug-likeness (QED) is 0.451. The van der Waals surface area contributed by atoms with Gasteiger partial charge in [-0.2, -0.15) is 0 Å². The molecule has 0 aliphatic rings. The van der Waals surface area contributed by atoms with E-state index in [1.807, 2.05) is 0 Å². The van der Waals surface area contributed by atoms with Crippen LogP contribution in [0.5, 0.6) is 0 Å². The Balaban J connectivity index is 0. The monoisotopic (exact) mass is 263 g/mol. The van der Waals surface area contributed by atoms with Gasteiger partial charge in [-0.1, -0.05) is 0 Å². The third-order valence-corrected chi connectivity index (χ3v) is 0. The average Bonchev–Trinajstić information content (AvgIpc) is 0. The predicted octanol–water partition coefficient (Wildman–Crippen LogP) is -1.83. The van der Waals surface area contributed by atoms with Crippen LogP contribution in [-0.4, -0.2) is 60.8 Å². The van der Waals surface area contributed by atoms with Crippen molar-refractivity contribution in [3.63, 3.8) is 0 Å². The van der Waals surface area contributed by atoms with Gasteiger partial charge in [0.25, 0.3) is 0 Å². The normalized spacial score (nSPS) is 0. The van der Waals surface area contributed by atoms with Crippen LogP contribution in [0.25, 0.3) is 0 Å². The number of rotatable bonds is 0. The van der Waals surface area contributed by atoms with E-state index in [1.165, 1.54) is 0 Å². The minimum atomic E-state index is 0. The summed E-state index contributed by atoms with van der Waals surface area (Å²) in [5, 5.41) is 0. The maximum atomic E-state index is 0. The molecule has 0 amide bonds. The molecule has 0 bridgehead atoms. The van der Waals surface area contributed by atoms with E-state index < -0.39 is 0 Å². The Morgan fingerprint density at radius 1 is 1.00 bits per heavy atom. The first kappa shape index (κ1) is 25.1. The van der Waals surface area contributed by atoms with Crippen molar-refractivity contribution in [3.8, 4) is 0 Å². The van der Waals surface area contributed by atoms with Crippen LogP contribution in [0.3, 0.4) is 0 Å². The van der Waals surface area contributed by atoms with Crippen molar-refractivity contribution < 1.29 is 52.7 Å². The van der Waals surface area contributed by atoms with Crippen molar-refractivity contribution in [1.29, 1.82) is 0 Å². The zero-order valence-electron chi connectivity index (χ0n) is 0.931. The number of hydrogen-bond acceptors (Lipinski definition) is 0. The summed E-state index contributed by atoms with van der Waals surface area (Å²) in [6, 6.07) is 0. The Morgan fingerprint density at radius 2 is 1.00 bits per heavy atom. The maximum Gasteiger partial charge on any atom is 0.316 e. The molecular formula is H4CaFeLaMg. The van der Waals surface area contributed by atoms with Gasteiger partial charge in [-0.15, -0.1) is 0 Å². The van der Waals surface area contributed by atoms with Crippen molar-refractivity contribution in [2.45, 2.75) is 0 Å². The fraction of sp³-hybridized carbons (Fsp3) is 0. The molecule has 0 saturated carbocycles. The summed E-state index contributed by atoms with van der Waals surface area (Å²) in [4.78, 5) is 0. The van der Waals surface area contributed by atoms with Gasteiger partial charge in [0.2, 0.25) is 0 Å². The van der Waals surface area contributed by atoms with Crippen LogP contribution in [0.1, 0.15) is 0 Å². The molecule has 0 aliphatic carbocycles. The topological polar surface area (TPSA) is 0 Å². The van der Waals surface area contributed by atoms with E-state index in [0.29, 0.717) is 0 Å². The molecule has 0 fully saturated rings. The van der Waals surface area contributed by atoms with Crippen LogP contribution in [0.15, 0.2) is 0 Å². The van der Waals surface area contributed by atoms with Crippen LogP contribution in [0, 0.1) is 35.6 Å². The van der Waals surface area contributed by atoms with Gasteiger partial charge in [0.15, 0.2) is 0 Å². The predicted molar refractivity (Wildman–Crippen MR) is 17.1 cm³/mol.